The Balaban J connectivity index is 1.94. The van der Waals surface area contributed by atoms with E-state index < -0.39 is 0 Å². The Morgan fingerprint density at radius 1 is 1.17 bits per heavy atom. The van der Waals surface area contributed by atoms with Crippen molar-refractivity contribution in [2.75, 3.05) is 33.7 Å². The molecule has 2 aliphatic rings. The fourth-order valence-electron chi connectivity index (χ4n) is 2.44. The Labute approximate surface area is 75.5 Å². The van der Waals surface area contributed by atoms with Gasteiger partial charge in [-0.1, -0.05) is 6.92 Å². The summed E-state index contributed by atoms with van der Waals surface area (Å²) in [7, 11) is 4.48. The lowest BCUT2D eigenvalue weighted by Gasteiger charge is -2.38. The number of likely N-dealkylation sites (N-methyl/N-ethyl adjacent to an activating group) is 1. The molecule has 0 radical (unpaired) electrons. The van der Waals surface area contributed by atoms with Crippen LogP contribution in [0, 0.1) is 5.41 Å². The lowest BCUT2D eigenvalue weighted by Crippen LogP contribution is -2.40. The van der Waals surface area contributed by atoms with Gasteiger partial charge in [-0.2, -0.15) is 0 Å². The molecule has 2 fully saturated rings. The van der Waals surface area contributed by atoms with Gasteiger partial charge in [-0.05, 0) is 45.4 Å². The second kappa shape index (κ2) is 2.71. The highest BCUT2D eigenvalue weighted by molar-refractivity contribution is 5.01. The van der Waals surface area contributed by atoms with Crippen molar-refractivity contribution in [2.24, 2.45) is 5.41 Å². The molecule has 2 heteroatoms. The van der Waals surface area contributed by atoms with Gasteiger partial charge in [-0.25, -0.2) is 0 Å². The summed E-state index contributed by atoms with van der Waals surface area (Å²) in [5.74, 6) is 0. The standard InChI is InChI=1S/C10H20N2/c1-10(9-8-12(9)3)4-6-11(2)7-5-10/h9H,4-8H2,1-3H3. The smallest absolute Gasteiger partial charge is 0.0275 e. The molecule has 0 amide bonds. The highest BCUT2D eigenvalue weighted by atomic mass is 15.3. The van der Waals surface area contributed by atoms with Crippen LogP contribution in [0.15, 0.2) is 0 Å². The fourth-order valence-corrected chi connectivity index (χ4v) is 2.44. The molecule has 0 aromatic carbocycles. The molecule has 0 N–H and O–H groups in total. The number of likely N-dealkylation sites (tertiary alicyclic amines) is 1. The van der Waals surface area contributed by atoms with E-state index in [1.165, 1.54) is 32.5 Å². The van der Waals surface area contributed by atoms with Crippen molar-refractivity contribution < 1.29 is 0 Å². The van der Waals surface area contributed by atoms with Gasteiger partial charge in [0.15, 0.2) is 0 Å². The number of rotatable bonds is 1. The zero-order valence-electron chi connectivity index (χ0n) is 8.51. The number of piperidine rings is 1. The Morgan fingerprint density at radius 3 is 2.08 bits per heavy atom. The summed E-state index contributed by atoms with van der Waals surface area (Å²) in [6.45, 7) is 6.38. The third kappa shape index (κ3) is 1.38. The highest BCUT2D eigenvalue weighted by Gasteiger charge is 2.46. The zero-order chi connectivity index (χ0) is 8.77. The van der Waals surface area contributed by atoms with Crippen LogP contribution in [0.1, 0.15) is 19.8 Å². The molecule has 12 heavy (non-hydrogen) atoms. The zero-order valence-corrected chi connectivity index (χ0v) is 8.51. The molecule has 2 heterocycles. The molecule has 70 valence electrons. The molecular formula is C10H20N2. The maximum absolute atomic E-state index is 2.48. The predicted octanol–water partition coefficient (Wildman–Crippen LogP) is 1.03. The monoisotopic (exact) mass is 168 g/mol. The molecule has 2 aliphatic heterocycles. The molecule has 2 saturated heterocycles. The van der Waals surface area contributed by atoms with Gasteiger partial charge in [0.25, 0.3) is 0 Å². The van der Waals surface area contributed by atoms with Gasteiger partial charge in [-0.3, -0.25) is 0 Å². The summed E-state index contributed by atoms with van der Waals surface area (Å²) in [5, 5.41) is 0. The second-order valence-electron chi connectivity index (χ2n) is 4.91. The number of hydrogen-bond acceptors (Lipinski definition) is 2. The van der Waals surface area contributed by atoms with E-state index in [0.717, 1.165) is 6.04 Å². The molecule has 0 aromatic heterocycles. The van der Waals surface area contributed by atoms with Gasteiger partial charge >= 0.3 is 0 Å². The average molecular weight is 168 g/mol. The molecular weight excluding hydrogens is 148 g/mol. The first-order chi connectivity index (χ1) is 5.62. The fraction of sp³-hybridized carbons (Fsp3) is 1.00. The van der Waals surface area contributed by atoms with Crippen molar-refractivity contribution in [2.45, 2.75) is 25.8 Å². The van der Waals surface area contributed by atoms with Gasteiger partial charge in [0, 0.05) is 12.6 Å². The van der Waals surface area contributed by atoms with Crippen molar-refractivity contribution >= 4 is 0 Å². The van der Waals surface area contributed by atoms with Gasteiger partial charge in [0.1, 0.15) is 0 Å². The van der Waals surface area contributed by atoms with Crippen LogP contribution in [0.4, 0.5) is 0 Å². The van der Waals surface area contributed by atoms with Gasteiger partial charge in [0.2, 0.25) is 0 Å². The molecule has 0 spiro atoms. The molecule has 0 bridgehead atoms. The SMILES string of the molecule is CN1CCC(C)(C2CN2C)CC1. The molecule has 0 aliphatic carbocycles. The molecule has 2 unspecified atom stereocenters. The van der Waals surface area contributed by atoms with E-state index in [-0.39, 0.29) is 0 Å². The van der Waals surface area contributed by atoms with E-state index in [0.29, 0.717) is 5.41 Å². The summed E-state index contributed by atoms with van der Waals surface area (Å²) in [6, 6.07) is 0.895. The minimum absolute atomic E-state index is 0.626. The van der Waals surface area contributed by atoms with E-state index >= 15 is 0 Å². The van der Waals surface area contributed by atoms with Crippen LogP contribution in [0.3, 0.4) is 0 Å². The van der Waals surface area contributed by atoms with Crippen molar-refractivity contribution in [3.05, 3.63) is 0 Å². The third-order valence-corrected chi connectivity index (χ3v) is 3.79. The lowest BCUT2D eigenvalue weighted by atomic mass is 9.77. The van der Waals surface area contributed by atoms with Gasteiger partial charge < -0.3 is 9.80 Å². The van der Waals surface area contributed by atoms with Crippen LogP contribution in [0.25, 0.3) is 0 Å². The Kier molecular flexibility index (Phi) is 1.92. The quantitative estimate of drug-likeness (QED) is 0.540. The third-order valence-electron chi connectivity index (χ3n) is 3.79. The van der Waals surface area contributed by atoms with Gasteiger partial charge in [0.05, 0.1) is 0 Å². The van der Waals surface area contributed by atoms with Crippen molar-refractivity contribution in [1.29, 1.82) is 0 Å². The first kappa shape index (κ1) is 8.52. The summed E-state index contributed by atoms with van der Waals surface area (Å²) in [4.78, 5) is 4.93. The minimum atomic E-state index is 0.626. The van der Waals surface area contributed by atoms with Crippen molar-refractivity contribution in [3.8, 4) is 0 Å². The van der Waals surface area contributed by atoms with Crippen molar-refractivity contribution in [1.82, 2.24) is 9.80 Å². The maximum atomic E-state index is 2.48. The van der Waals surface area contributed by atoms with E-state index in [1.807, 2.05) is 0 Å². The Bertz CT molecular complexity index is 171. The lowest BCUT2D eigenvalue weighted by molar-refractivity contribution is 0.126. The maximum Gasteiger partial charge on any atom is 0.0275 e. The topological polar surface area (TPSA) is 6.25 Å². The van der Waals surface area contributed by atoms with Gasteiger partial charge in [-0.15, -0.1) is 0 Å². The van der Waals surface area contributed by atoms with Crippen LogP contribution < -0.4 is 0 Å². The number of hydrogen-bond donors (Lipinski definition) is 0. The van der Waals surface area contributed by atoms with Crippen LogP contribution in [-0.4, -0.2) is 49.6 Å². The summed E-state index contributed by atoms with van der Waals surface area (Å²) in [5.41, 5.74) is 0.626. The number of nitrogens with zero attached hydrogens (tertiary/aromatic N) is 2. The summed E-state index contributed by atoms with van der Waals surface area (Å²) in [6.07, 6.45) is 2.77. The summed E-state index contributed by atoms with van der Waals surface area (Å²) >= 11 is 0. The normalized spacial score (nSPS) is 41.2. The van der Waals surface area contributed by atoms with Crippen LogP contribution >= 0.6 is 0 Å². The van der Waals surface area contributed by atoms with Crippen molar-refractivity contribution in [3.63, 3.8) is 0 Å². The first-order valence-corrected chi connectivity index (χ1v) is 5.01. The van der Waals surface area contributed by atoms with E-state index in [2.05, 4.69) is 30.8 Å². The molecule has 2 atom stereocenters. The molecule has 2 nitrogen and oxygen atoms in total. The largest absolute Gasteiger partial charge is 0.306 e. The van der Waals surface area contributed by atoms with Crippen LogP contribution in [0.2, 0.25) is 0 Å². The van der Waals surface area contributed by atoms with Crippen LogP contribution in [-0.2, 0) is 0 Å². The van der Waals surface area contributed by atoms with Crippen LogP contribution in [0.5, 0.6) is 0 Å². The van der Waals surface area contributed by atoms with E-state index in [9.17, 15) is 0 Å². The van der Waals surface area contributed by atoms with E-state index in [4.69, 9.17) is 0 Å². The minimum Gasteiger partial charge on any atom is -0.306 e. The predicted molar refractivity (Wildman–Crippen MR) is 51.3 cm³/mol. The second-order valence-corrected chi connectivity index (χ2v) is 4.91. The Morgan fingerprint density at radius 2 is 1.67 bits per heavy atom. The molecule has 0 aromatic rings. The Hall–Kier alpha value is -0.0800. The highest BCUT2D eigenvalue weighted by Crippen LogP contribution is 2.42. The first-order valence-electron chi connectivity index (χ1n) is 5.01. The molecule has 0 saturated carbocycles. The average Bonchev–Trinajstić information content (AvgIpc) is 2.75. The molecule has 2 rings (SSSR count). The summed E-state index contributed by atoms with van der Waals surface area (Å²) < 4.78 is 0. The van der Waals surface area contributed by atoms with E-state index in [1.54, 1.807) is 0 Å².